The van der Waals surface area contributed by atoms with Gasteiger partial charge in [-0.25, -0.2) is 13.2 Å². The second-order valence-electron chi connectivity index (χ2n) is 4.43. The van der Waals surface area contributed by atoms with E-state index in [1.54, 1.807) is 0 Å². The quantitative estimate of drug-likeness (QED) is 0.686. The minimum atomic E-state index is -4.20. The zero-order valence-electron chi connectivity index (χ0n) is 11.6. The summed E-state index contributed by atoms with van der Waals surface area (Å²) in [6.07, 6.45) is 2.23. The van der Waals surface area contributed by atoms with Crippen LogP contribution < -0.4 is 21.7 Å². The fourth-order valence-electron chi connectivity index (χ4n) is 1.72. The van der Waals surface area contributed by atoms with E-state index in [0.29, 0.717) is 4.57 Å². The van der Waals surface area contributed by atoms with Crippen molar-refractivity contribution in [2.75, 3.05) is 10.5 Å². The maximum Gasteiger partial charge on any atom is 0.330 e. The third-order valence-corrected chi connectivity index (χ3v) is 4.22. The van der Waals surface area contributed by atoms with Gasteiger partial charge in [0.2, 0.25) is 0 Å². The lowest BCUT2D eigenvalue weighted by Crippen LogP contribution is -2.40. The number of nitrogens with one attached hydrogen (secondary N) is 1. The van der Waals surface area contributed by atoms with E-state index < -0.39 is 26.2 Å². The summed E-state index contributed by atoms with van der Waals surface area (Å²) in [5.74, 6) is 0.0332. The molecule has 3 N–H and O–H groups in total. The molecule has 0 atom stereocenters. The largest absolute Gasteiger partial charge is 0.394 e. The zero-order chi connectivity index (χ0) is 15.9. The Kier molecular flexibility index (Phi) is 3.37. The third kappa shape index (κ3) is 2.42. The third-order valence-electron chi connectivity index (χ3n) is 2.90. The SMILES string of the molecule is Cn1ncc(N)c1NS(=O)(=O)c1cn(C)c(=O)n(C)c1=O. The van der Waals surface area contributed by atoms with Crippen molar-refractivity contribution < 1.29 is 8.42 Å². The Bertz CT molecular complexity index is 901. The van der Waals surface area contributed by atoms with Crippen molar-refractivity contribution in [3.8, 4) is 0 Å². The standard InChI is InChI=1S/C10H14N6O4S/c1-14-5-7(9(17)15(2)10(14)18)21(19,20)13-8-6(11)4-12-16(8)3/h4-5,13H,11H2,1-3H3. The molecule has 0 amide bonds. The van der Waals surface area contributed by atoms with Crippen LogP contribution in [0.4, 0.5) is 11.5 Å². The molecule has 2 aromatic rings. The van der Waals surface area contributed by atoms with Crippen molar-refractivity contribution in [2.45, 2.75) is 4.90 Å². The molecule has 2 rings (SSSR count). The predicted octanol–water partition coefficient (Wildman–Crippen LogP) is -1.80. The van der Waals surface area contributed by atoms with E-state index in [0.717, 1.165) is 10.8 Å². The minimum Gasteiger partial charge on any atom is -0.394 e. The van der Waals surface area contributed by atoms with E-state index in [1.807, 2.05) is 0 Å². The normalized spacial score (nSPS) is 11.6. The maximum atomic E-state index is 12.3. The van der Waals surface area contributed by atoms with Crippen molar-refractivity contribution in [1.82, 2.24) is 18.9 Å². The molecule has 0 fully saturated rings. The van der Waals surface area contributed by atoms with Gasteiger partial charge in [-0.15, -0.1) is 0 Å². The Labute approximate surface area is 119 Å². The van der Waals surface area contributed by atoms with Crippen LogP contribution in [-0.2, 0) is 31.2 Å². The van der Waals surface area contributed by atoms with Gasteiger partial charge in [0.05, 0.1) is 11.9 Å². The van der Waals surface area contributed by atoms with E-state index in [-0.39, 0.29) is 11.5 Å². The van der Waals surface area contributed by atoms with E-state index in [9.17, 15) is 18.0 Å². The molecule has 0 aromatic carbocycles. The molecule has 2 aromatic heterocycles. The van der Waals surface area contributed by atoms with E-state index >= 15 is 0 Å². The number of rotatable bonds is 3. The number of nitrogens with zero attached hydrogens (tertiary/aromatic N) is 4. The van der Waals surface area contributed by atoms with Gasteiger partial charge in [-0.2, -0.15) is 5.10 Å². The number of nitrogens with two attached hydrogens (primary N) is 1. The van der Waals surface area contributed by atoms with Gasteiger partial charge >= 0.3 is 5.69 Å². The van der Waals surface area contributed by atoms with Gasteiger partial charge in [-0.3, -0.25) is 18.8 Å². The van der Waals surface area contributed by atoms with Gasteiger partial charge in [0.1, 0.15) is 0 Å². The van der Waals surface area contributed by atoms with Gasteiger partial charge in [0.25, 0.3) is 15.6 Å². The Morgan fingerprint density at radius 1 is 1.24 bits per heavy atom. The average molecular weight is 314 g/mol. The summed E-state index contributed by atoms with van der Waals surface area (Å²) in [4.78, 5) is 23.0. The van der Waals surface area contributed by atoms with Crippen molar-refractivity contribution in [2.24, 2.45) is 21.1 Å². The molecule has 0 saturated heterocycles. The highest BCUT2D eigenvalue weighted by molar-refractivity contribution is 7.92. The number of anilines is 2. The van der Waals surface area contributed by atoms with Crippen molar-refractivity contribution in [3.63, 3.8) is 0 Å². The lowest BCUT2D eigenvalue weighted by molar-refractivity contribution is 0.588. The van der Waals surface area contributed by atoms with Crippen molar-refractivity contribution in [3.05, 3.63) is 33.2 Å². The van der Waals surface area contributed by atoms with Gasteiger partial charge in [-0.05, 0) is 0 Å². The van der Waals surface area contributed by atoms with Gasteiger partial charge in [0, 0.05) is 27.3 Å². The molecule has 0 aliphatic rings. The average Bonchev–Trinajstić information content (AvgIpc) is 2.71. The molecule has 0 aliphatic heterocycles. The van der Waals surface area contributed by atoms with Crippen LogP contribution in [0.3, 0.4) is 0 Å². The molecule has 0 saturated carbocycles. The maximum absolute atomic E-state index is 12.3. The second kappa shape index (κ2) is 4.77. The monoisotopic (exact) mass is 314 g/mol. The van der Waals surface area contributed by atoms with Crippen LogP contribution in [0.2, 0.25) is 0 Å². The lowest BCUT2D eigenvalue weighted by Gasteiger charge is -2.10. The highest BCUT2D eigenvalue weighted by Crippen LogP contribution is 2.19. The van der Waals surface area contributed by atoms with Crippen LogP contribution in [0.25, 0.3) is 0 Å². The first-order valence-corrected chi connectivity index (χ1v) is 7.20. The molecule has 10 nitrogen and oxygen atoms in total. The summed E-state index contributed by atoms with van der Waals surface area (Å²) in [5, 5.41) is 3.79. The summed E-state index contributed by atoms with van der Waals surface area (Å²) in [6, 6.07) is 0. The molecule has 2 heterocycles. The van der Waals surface area contributed by atoms with Crippen LogP contribution in [-0.4, -0.2) is 27.3 Å². The van der Waals surface area contributed by atoms with Crippen LogP contribution >= 0.6 is 0 Å². The Morgan fingerprint density at radius 3 is 2.38 bits per heavy atom. The smallest absolute Gasteiger partial charge is 0.330 e. The Morgan fingerprint density at radius 2 is 1.86 bits per heavy atom. The summed E-state index contributed by atoms with van der Waals surface area (Å²) >= 11 is 0. The molecular weight excluding hydrogens is 300 g/mol. The Hall–Kier alpha value is -2.56. The van der Waals surface area contributed by atoms with Crippen molar-refractivity contribution in [1.29, 1.82) is 0 Å². The van der Waals surface area contributed by atoms with E-state index in [1.165, 1.54) is 32.0 Å². The van der Waals surface area contributed by atoms with Crippen LogP contribution in [0.15, 0.2) is 26.9 Å². The highest BCUT2D eigenvalue weighted by atomic mass is 32.2. The van der Waals surface area contributed by atoms with Gasteiger partial charge in [-0.1, -0.05) is 0 Å². The lowest BCUT2D eigenvalue weighted by atomic mass is 10.5. The highest BCUT2D eigenvalue weighted by Gasteiger charge is 2.23. The van der Waals surface area contributed by atoms with Crippen LogP contribution in [0, 0.1) is 0 Å². The number of nitrogen functional groups attached to an aromatic ring is 1. The topological polar surface area (TPSA) is 134 Å². The molecule has 0 unspecified atom stereocenters. The molecule has 21 heavy (non-hydrogen) atoms. The number of aromatic nitrogens is 4. The Balaban J connectivity index is 2.61. The summed E-state index contributed by atoms with van der Waals surface area (Å²) < 4.78 is 29.7. The summed E-state index contributed by atoms with van der Waals surface area (Å²) in [7, 11) is -0.168. The predicted molar refractivity (Wildman–Crippen MR) is 75.4 cm³/mol. The summed E-state index contributed by atoms with van der Waals surface area (Å²) in [5.41, 5.74) is 4.16. The van der Waals surface area contributed by atoms with Crippen LogP contribution in [0.5, 0.6) is 0 Å². The van der Waals surface area contributed by atoms with Crippen LogP contribution in [0.1, 0.15) is 0 Å². The van der Waals surface area contributed by atoms with Gasteiger partial charge < -0.3 is 10.3 Å². The first-order chi connectivity index (χ1) is 9.65. The second-order valence-corrected chi connectivity index (χ2v) is 6.08. The fraction of sp³-hybridized carbons (Fsp3) is 0.300. The van der Waals surface area contributed by atoms with Gasteiger partial charge in [0.15, 0.2) is 10.7 Å². The van der Waals surface area contributed by atoms with E-state index in [2.05, 4.69) is 9.82 Å². The molecule has 11 heteroatoms. The first-order valence-electron chi connectivity index (χ1n) is 5.72. The first kappa shape index (κ1) is 14.8. The summed E-state index contributed by atoms with van der Waals surface area (Å²) in [6.45, 7) is 0. The number of hydrogen-bond acceptors (Lipinski definition) is 6. The fourth-order valence-corrected chi connectivity index (χ4v) is 3.00. The molecule has 0 aliphatic carbocycles. The molecule has 114 valence electrons. The molecular formula is C10H14N6O4S. The number of aryl methyl sites for hydroxylation is 2. The number of sulfonamides is 1. The minimum absolute atomic E-state index is 0.0332. The zero-order valence-corrected chi connectivity index (χ0v) is 12.4. The number of hydrogen-bond donors (Lipinski definition) is 2. The molecule has 0 spiro atoms. The molecule has 0 radical (unpaired) electrons. The van der Waals surface area contributed by atoms with E-state index in [4.69, 9.17) is 5.73 Å². The molecule has 0 bridgehead atoms. The van der Waals surface area contributed by atoms with Crippen molar-refractivity contribution >= 4 is 21.5 Å².